The minimum absolute atomic E-state index is 0.0417. The maximum Gasteiger partial charge on any atom is 0.264 e. The highest BCUT2D eigenvalue weighted by molar-refractivity contribution is 7.92. The molecule has 1 atom stereocenters. The van der Waals surface area contributed by atoms with Crippen LogP contribution in [0.3, 0.4) is 0 Å². The first-order valence-corrected chi connectivity index (χ1v) is 15.5. The lowest BCUT2D eigenvalue weighted by Crippen LogP contribution is -2.53. The lowest BCUT2D eigenvalue weighted by Gasteiger charge is -2.33. The molecular weight excluding hydrogens is 570 g/mol. The van der Waals surface area contributed by atoms with Gasteiger partial charge in [0.2, 0.25) is 11.8 Å². The molecule has 0 saturated heterocycles. The third-order valence-electron chi connectivity index (χ3n) is 6.80. The van der Waals surface area contributed by atoms with Gasteiger partial charge in [-0.1, -0.05) is 96.0 Å². The molecule has 0 heterocycles. The maximum atomic E-state index is 14.3. The predicted molar refractivity (Wildman–Crippen MR) is 167 cm³/mol. The summed E-state index contributed by atoms with van der Waals surface area (Å²) in [5, 5.41) is 3.19. The Morgan fingerprint density at radius 1 is 0.833 bits per heavy atom. The minimum Gasteiger partial charge on any atom is -0.355 e. The highest BCUT2D eigenvalue weighted by atomic mass is 35.5. The molecule has 4 aromatic rings. The van der Waals surface area contributed by atoms with Crippen LogP contribution in [0.15, 0.2) is 114 Å². The molecule has 0 saturated carbocycles. The van der Waals surface area contributed by atoms with E-state index in [9.17, 15) is 18.0 Å². The summed E-state index contributed by atoms with van der Waals surface area (Å²) in [6.07, 6.45) is 0.257. The van der Waals surface area contributed by atoms with Crippen molar-refractivity contribution in [1.29, 1.82) is 0 Å². The third kappa shape index (κ3) is 7.78. The van der Waals surface area contributed by atoms with Crippen LogP contribution >= 0.6 is 11.6 Å². The molecule has 2 amide bonds. The molecule has 218 valence electrons. The van der Waals surface area contributed by atoms with Gasteiger partial charge in [-0.15, -0.1) is 0 Å². The van der Waals surface area contributed by atoms with E-state index in [0.717, 1.165) is 21.0 Å². The highest BCUT2D eigenvalue weighted by Gasteiger charge is 2.34. The van der Waals surface area contributed by atoms with E-state index in [0.29, 0.717) is 11.6 Å². The standard InChI is InChI=1S/C33H34ClN3O4S/c1-3-35-33(39)31(21-26-11-6-4-7-12-26)36(23-27-13-8-5-9-14-27)32(38)24-37(29-16-10-15-28(34)22-29)42(40,41)30-19-17-25(2)18-20-30/h4-20,22,31H,3,21,23-24H2,1-2H3,(H,35,39). The topological polar surface area (TPSA) is 86.8 Å². The molecule has 0 aromatic heterocycles. The molecule has 1 N–H and O–H groups in total. The second kappa shape index (κ2) is 14.2. The molecule has 0 fully saturated rings. The van der Waals surface area contributed by atoms with Crippen molar-refractivity contribution in [3.8, 4) is 0 Å². The summed E-state index contributed by atoms with van der Waals surface area (Å²) in [5.74, 6) is -0.844. The SMILES string of the molecule is CCNC(=O)C(Cc1ccccc1)N(Cc1ccccc1)C(=O)CN(c1cccc(Cl)c1)S(=O)(=O)c1ccc(C)cc1. The van der Waals surface area contributed by atoms with Crippen LogP contribution in [-0.2, 0) is 32.6 Å². The van der Waals surface area contributed by atoms with Crippen LogP contribution in [0.25, 0.3) is 0 Å². The van der Waals surface area contributed by atoms with E-state index in [1.165, 1.54) is 23.1 Å². The number of nitrogens with one attached hydrogen (secondary N) is 1. The number of carbonyl (C=O) groups excluding carboxylic acids is 2. The largest absolute Gasteiger partial charge is 0.355 e. The van der Waals surface area contributed by atoms with E-state index < -0.39 is 28.5 Å². The first-order valence-electron chi connectivity index (χ1n) is 13.7. The molecule has 7 nitrogen and oxygen atoms in total. The first kappa shape index (κ1) is 30.8. The Bertz CT molecular complexity index is 1600. The molecule has 0 aliphatic rings. The Balaban J connectivity index is 1.78. The van der Waals surface area contributed by atoms with Gasteiger partial charge >= 0.3 is 0 Å². The number of amides is 2. The molecule has 4 aromatic carbocycles. The van der Waals surface area contributed by atoms with Gasteiger partial charge in [0, 0.05) is 24.5 Å². The first-order chi connectivity index (χ1) is 20.2. The van der Waals surface area contributed by atoms with Crippen molar-refractivity contribution in [1.82, 2.24) is 10.2 Å². The molecule has 42 heavy (non-hydrogen) atoms. The maximum absolute atomic E-state index is 14.3. The average Bonchev–Trinajstić information content (AvgIpc) is 2.99. The molecule has 9 heteroatoms. The van der Waals surface area contributed by atoms with Crippen molar-refractivity contribution < 1.29 is 18.0 Å². The number of carbonyl (C=O) groups is 2. The molecule has 1 unspecified atom stereocenters. The fourth-order valence-electron chi connectivity index (χ4n) is 4.62. The van der Waals surface area contributed by atoms with Crippen molar-refractivity contribution in [3.05, 3.63) is 131 Å². The van der Waals surface area contributed by atoms with Crippen molar-refractivity contribution in [3.63, 3.8) is 0 Å². The number of rotatable bonds is 12. The second-order valence-electron chi connectivity index (χ2n) is 9.91. The normalized spacial score (nSPS) is 11.9. The molecule has 4 rings (SSSR count). The quantitative estimate of drug-likeness (QED) is 0.228. The second-order valence-corrected chi connectivity index (χ2v) is 12.2. The predicted octanol–water partition coefficient (Wildman–Crippen LogP) is 5.62. The zero-order chi connectivity index (χ0) is 30.1. The van der Waals surface area contributed by atoms with Gasteiger partial charge in [-0.05, 0) is 55.3 Å². The van der Waals surface area contributed by atoms with Crippen LogP contribution in [-0.4, -0.2) is 44.3 Å². The number of benzene rings is 4. The number of aryl methyl sites for hydroxylation is 1. The Labute approximate surface area is 252 Å². The van der Waals surface area contributed by atoms with Crippen LogP contribution in [0, 0.1) is 6.92 Å². The van der Waals surface area contributed by atoms with Crippen LogP contribution in [0.2, 0.25) is 5.02 Å². The molecular formula is C33H34ClN3O4S. The van der Waals surface area contributed by atoms with Gasteiger partial charge < -0.3 is 10.2 Å². The van der Waals surface area contributed by atoms with Gasteiger partial charge in [-0.25, -0.2) is 8.42 Å². The zero-order valence-electron chi connectivity index (χ0n) is 23.6. The van der Waals surface area contributed by atoms with Gasteiger partial charge in [-0.3, -0.25) is 13.9 Å². The fraction of sp³-hybridized carbons (Fsp3) is 0.212. The molecule has 0 radical (unpaired) electrons. The van der Waals surface area contributed by atoms with Gasteiger partial charge in [0.15, 0.2) is 0 Å². The summed E-state index contributed by atoms with van der Waals surface area (Å²) in [7, 11) is -4.18. The van der Waals surface area contributed by atoms with Crippen molar-refractivity contribution in [2.45, 2.75) is 37.8 Å². The van der Waals surface area contributed by atoms with E-state index in [1.807, 2.05) is 74.5 Å². The summed E-state index contributed by atoms with van der Waals surface area (Å²) in [5.41, 5.74) is 2.83. The van der Waals surface area contributed by atoms with Crippen LogP contribution in [0.1, 0.15) is 23.6 Å². The van der Waals surface area contributed by atoms with Gasteiger partial charge in [0.05, 0.1) is 10.6 Å². The van der Waals surface area contributed by atoms with Gasteiger partial charge in [-0.2, -0.15) is 0 Å². The number of sulfonamides is 1. The third-order valence-corrected chi connectivity index (χ3v) is 8.83. The van der Waals surface area contributed by atoms with E-state index in [2.05, 4.69) is 5.32 Å². The fourth-order valence-corrected chi connectivity index (χ4v) is 6.21. The number of hydrogen-bond acceptors (Lipinski definition) is 4. The monoisotopic (exact) mass is 603 g/mol. The summed E-state index contributed by atoms with van der Waals surface area (Å²) in [6, 6.07) is 30.7. The van der Waals surface area contributed by atoms with Crippen LogP contribution < -0.4 is 9.62 Å². The molecule has 0 aliphatic carbocycles. The van der Waals surface area contributed by atoms with E-state index >= 15 is 0 Å². The minimum atomic E-state index is -4.18. The van der Waals surface area contributed by atoms with E-state index in [4.69, 9.17) is 11.6 Å². The molecule has 0 spiro atoms. The lowest BCUT2D eigenvalue weighted by atomic mass is 10.0. The van der Waals surface area contributed by atoms with Crippen molar-refractivity contribution in [2.24, 2.45) is 0 Å². The van der Waals surface area contributed by atoms with E-state index in [-0.39, 0.29) is 29.5 Å². The summed E-state index contributed by atoms with van der Waals surface area (Å²) >= 11 is 6.26. The van der Waals surface area contributed by atoms with Gasteiger partial charge in [0.25, 0.3) is 10.0 Å². The highest BCUT2D eigenvalue weighted by Crippen LogP contribution is 2.27. The Morgan fingerprint density at radius 2 is 1.45 bits per heavy atom. The van der Waals surface area contributed by atoms with E-state index in [1.54, 1.807) is 30.3 Å². The zero-order valence-corrected chi connectivity index (χ0v) is 25.2. The number of likely N-dealkylation sites (N-methyl/N-ethyl adjacent to an activating group) is 1. The molecule has 0 bridgehead atoms. The number of hydrogen-bond donors (Lipinski definition) is 1. The number of halogens is 1. The smallest absolute Gasteiger partial charge is 0.264 e. The summed E-state index contributed by atoms with van der Waals surface area (Å²) in [4.78, 5) is 29.3. The summed E-state index contributed by atoms with van der Waals surface area (Å²) < 4.78 is 29.1. The van der Waals surface area contributed by atoms with Crippen LogP contribution in [0.4, 0.5) is 5.69 Å². The van der Waals surface area contributed by atoms with Crippen LogP contribution in [0.5, 0.6) is 0 Å². The summed E-state index contributed by atoms with van der Waals surface area (Å²) in [6.45, 7) is 3.64. The van der Waals surface area contributed by atoms with Crippen molar-refractivity contribution in [2.75, 3.05) is 17.4 Å². The number of anilines is 1. The Morgan fingerprint density at radius 3 is 2.05 bits per heavy atom. The Hall–Kier alpha value is -4.14. The molecule has 0 aliphatic heterocycles. The van der Waals surface area contributed by atoms with Crippen molar-refractivity contribution >= 4 is 39.1 Å². The average molecular weight is 604 g/mol. The van der Waals surface area contributed by atoms with Gasteiger partial charge in [0.1, 0.15) is 12.6 Å². The number of nitrogens with zero attached hydrogens (tertiary/aromatic N) is 2. The lowest BCUT2D eigenvalue weighted by molar-refractivity contribution is -0.140. The Kier molecular flexibility index (Phi) is 10.4.